The van der Waals surface area contributed by atoms with Crippen LogP contribution in [0.4, 0.5) is 0 Å². The maximum absolute atomic E-state index is 10.4. The van der Waals surface area contributed by atoms with Crippen LogP contribution in [-0.4, -0.2) is 18.2 Å². The van der Waals surface area contributed by atoms with Crippen LogP contribution in [0.15, 0.2) is 36.4 Å². The number of carbonyl (C=O) groups is 1. The Morgan fingerprint density at radius 3 is 2.45 bits per heavy atom. The Labute approximate surface area is 120 Å². The minimum absolute atomic E-state index is 0.639. The van der Waals surface area contributed by atoms with Crippen molar-refractivity contribution in [2.45, 2.75) is 38.0 Å². The lowest BCUT2D eigenvalue weighted by Crippen LogP contribution is -2.12. The van der Waals surface area contributed by atoms with Gasteiger partial charge in [-0.15, -0.1) is 0 Å². The van der Waals surface area contributed by atoms with Gasteiger partial charge in [0.25, 0.3) is 0 Å². The van der Waals surface area contributed by atoms with E-state index in [-0.39, 0.29) is 0 Å². The Morgan fingerprint density at radius 2 is 1.90 bits per heavy atom. The highest BCUT2D eigenvalue weighted by Crippen LogP contribution is 2.37. The second-order valence-corrected chi connectivity index (χ2v) is 5.47. The number of carboxylic acid groups (broad SMARTS) is 1. The number of rotatable bonds is 5. The van der Waals surface area contributed by atoms with Crippen molar-refractivity contribution in [2.75, 3.05) is 7.11 Å². The zero-order chi connectivity index (χ0) is 14.4. The average Bonchev–Trinajstić information content (AvgIpc) is 2.48. The number of hydrogen-bond donors (Lipinski definition) is 1. The largest absolute Gasteiger partial charge is 0.497 e. The lowest BCUT2D eigenvalue weighted by atomic mass is 9.77. The summed E-state index contributed by atoms with van der Waals surface area (Å²) < 4.78 is 5.18. The van der Waals surface area contributed by atoms with Gasteiger partial charge in [-0.3, -0.25) is 0 Å². The molecule has 1 saturated carbocycles. The molecule has 1 fully saturated rings. The van der Waals surface area contributed by atoms with Crippen molar-refractivity contribution < 1.29 is 14.6 Å². The van der Waals surface area contributed by atoms with Crippen LogP contribution in [0.2, 0.25) is 0 Å². The molecule has 20 heavy (non-hydrogen) atoms. The van der Waals surface area contributed by atoms with Crippen LogP contribution in [0, 0.1) is 5.92 Å². The molecule has 2 rings (SSSR count). The van der Waals surface area contributed by atoms with Crippen molar-refractivity contribution in [1.29, 1.82) is 0 Å². The first-order valence-electron chi connectivity index (χ1n) is 7.22. The summed E-state index contributed by atoms with van der Waals surface area (Å²) in [7, 11) is 1.69. The lowest BCUT2D eigenvalue weighted by Gasteiger charge is -2.28. The van der Waals surface area contributed by atoms with Crippen molar-refractivity contribution in [3.8, 4) is 5.75 Å². The van der Waals surface area contributed by atoms with Crippen molar-refractivity contribution in [1.82, 2.24) is 0 Å². The monoisotopic (exact) mass is 274 g/mol. The van der Waals surface area contributed by atoms with Crippen LogP contribution in [-0.2, 0) is 4.79 Å². The number of methoxy groups -OCH3 is 1. The van der Waals surface area contributed by atoms with E-state index in [4.69, 9.17) is 9.84 Å². The molecule has 108 valence electrons. The number of benzene rings is 1. The van der Waals surface area contributed by atoms with Gasteiger partial charge in [0, 0.05) is 6.08 Å². The molecular formula is C17H22O3. The van der Waals surface area contributed by atoms with E-state index in [2.05, 4.69) is 12.1 Å². The molecule has 3 heteroatoms. The van der Waals surface area contributed by atoms with Gasteiger partial charge in [-0.2, -0.15) is 0 Å². The smallest absolute Gasteiger partial charge is 0.327 e. The van der Waals surface area contributed by atoms with Crippen LogP contribution < -0.4 is 4.74 Å². The van der Waals surface area contributed by atoms with Crippen LogP contribution in [0.25, 0.3) is 0 Å². The Bertz CT molecular complexity index is 454. The van der Waals surface area contributed by atoms with Crippen LogP contribution in [0.3, 0.4) is 0 Å². The second-order valence-electron chi connectivity index (χ2n) is 5.47. The topological polar surface area (TPSA) is 46.5 Å². The molecule has 1 aromatic carbocycles. The van der Waals surface area contributed by atoms with E-state index in [9.17, 15) is 4.79 Å². The molecular weight excluding hydrogens is 252 g/mol. The van der Waals surface area contributed by atoms with Crippen molar-refractivity contribution in [3.63, 3.8) is 0 Å². The predicted octanol–water partition coefficient (Wildman–Crippen LogP) is 4.00. The minimum Gasteiger partial charge on any atom is -0.497 e. The quantitative estimate of drug-likeness (QED) is 0.825. The maximum atomic E-state index is 10.4. The molecule has 0 radical (unpaired) electrons. The Morgan fingerprint density at radius 1 is 1.25 bits per heavy atom. The molecule has 0 bridgehead atoms. The fourth-order valence-corrected chi connectivity index (χ4v) is 2.97. The fraction of sp³-hybridized carbons (Fsp3) is 0.471. The summed E-state index contributed by atoms with van der Waals surface area (Å²) in [5, 5.41) is 8.58. The van der Waals surface area contributed by atoms with E-state index >= 15 is 0 Å². The molecule has 3 nitrogen and oxygen atoms in total. The van der Waals surface area contributed by atoms with E-state index in [1.807, 2.05) is 12.1 Å². The maximum Gasteiger partial charge on any atom is 0.327 e. The molecule has 0 unspecified atom stereocenters. The molecule has 1 aromatic rings. The zero-order valence-electron chi connectivity index (χ0n) is 11.9. The molecule has 0 amide bonds. The third kappa shape index (κ3) is 4.12. The van der Waals surface area contributed by atoms with E-state index < -0.39 is 5.97 Å². The number of hydrogen-bond acceptors (Lipinski definition) is 2. The number of allylic oxidation sites excluding steroid dienone is 1. The third-order valence-corrected chi connectivity index (χ3v) is 4.16. The summed E-state index contributed by atoms with van der Waals surface area (Å²) in [6, 6.07) is 8.37. The third-order valence-electron chi connectivity index (χ3n) is 4.16. The number of ether oxygens (including phenoxy) is 1. The Hall–Kier alpha value is -1.77. The van der Waals surface area contributed by atoms with Gasteiger partial charge in [0.2, 0.25) is 0 Å². The first kappa shape index (κ1) is 14.6. The zero-order valence-corrected chi connectivity index (χ0v) is 11.9. The summed E-state index contributed by atoms with van der Waals surface area (Å²) in [4.78, 5) is 10.4. The molecule has 0 heterocycles. The normalized spacial score (nSPS) is 22.9. The van der Waals surface area contributed by atoms with E-state index in [0.29, 0.717) is 11.8 Å². The highest BCUT2D eigenvalue weighted by molar-refractivity contribution is 5.79. The van der Waals surface area contributed by atoms with Gasteiger partial charge in [0.05, 0.1) is 7.11 Å². The first-order chi connectivity index (χ1) is 9.69. The standard InChI is InChI=1S/C17H22O3/c1-20-16-11-9-15(10-12-16)14-7-5-13(6-8-14)3-2-4-17(18)19/h2,4,9-14H,3,5-8H2,1H3,(H,18,19)/b4-2+. The van der Waals surface area contributed by atoms with Gasteiger partial charge in [0.15, 0.2) is 0 Å². The van der Waals surface area contributed by atoms with Gasteiger partial charge in [-0.05, 0) is 61.6 Å². The number of aliphatic carboxylic acids is 1. The summed E-state index contributed by atoms with van der Waals surface area (Å²) in [5.41, 5.74) is 1.39. The van der Waals surface area contributed by atoms with Gasteiger partial charge < -0.3 is 9.84 Å². The molecule has 1 aliphatic rings. The summed E-state index contributed by atoms with van der Waals surface area (Å²) in [6.07, 6.45) is 8.69. The van der Waals surface area contributed by atoms with Gasteiger partial charge >= 0.3 is 5.97 Å². The molecule has 0 spiro atoms. The van der Waals surface area contributed by atoms with Crippen molar-refractivity contribution in [3.05, 3.63) is 42.0 Å². The summed E-state index contributed by atoms with van der Waals surface area (Å²) in [5.74, 6) is 1.33. The molecule has 0 aromatic heterocycles. The van der Waals surface area contributed by atoms with Gasteiger partial charge in [-0.25, -0.2) is 4.79 Å². The van der Waals surface area contributed by atoms with Crippen molar-refractivity contribution >= 4 is 5.97 Å². The molecule has 0 atom stereocenters. The predicted molar refractivity (Wildman–Crippen MR) is 79.1 cm³/mol. The fourth-order valence-electron chi connectivity index (χ4n) is 2.97. The first-order valence-corrected chi connectivity index (χ1v) is 7.22. The minimum atomic E-state index is -0.850. The van der Waals surface area contributed by atoms with Gasteiger partial charge in [0.1, 0.15) is 5.75 Å². The van der Waals surface area contributed by atoms with Gasteiger partial charge in [-0.1, -0.05) is 18.2 Å². The van der Waals surface area contributed by atoms with Crippen LogP contribution in [0.5, 0.6) is 5.75 Å². The average molecular weight is 274 g/mol. The Kier molecular flexibility index (Phi) is 5.22. The molecule has 0 aliphatic heterocycles. The van der Waals surface area contributed by atoms with E-state index in [1.165, 1.54) is 37.3 Å². The summed E-state index contributed by atoms with van der Waals surface area (Å²) in [6.45, 7) is 0. The van der Waals surface area contributed by atoms with Crippen LogP contribution in [0.1, 0.15) is 43.6 Å². The lowest BCUT2D eigenvalue weighted by molar-refractivity contribution is -0.131. The Balaban J connectivity index is 1.82. The highest BCUT2D eigenvalue weighted by Gasteiger charge is 2.21. The highest BCUT2D eigenvalue weighted by atomic mass is 16.5. The molecule has 0 saturated heterocycles. The van der Waals surface area contributed by atoms with E-state index in [0.717, 1.165) is 12.2 Å². The summed E-state index contributed by atoms with van der Waals surface area (Å²) >= 11 is 0. The van der Waals surface area contributed by atoms with E-state index in [1.54, 1.807) is 13.2 Å². The SMILES string of the molecule is COc1ccc(C2CCC(C/C=C/C(=O)O)CC2)cc1. The second kappa shape index (κ2) is 7.13. The van der Waals surface area contributed by atoms with Crippen LogP contribution >= 0.6 is 0 Å². The molecule has 1 aliphatic carbocycles. The number of carboxylic acids is 1. The molecule has 1 N–H and O–H groups in total. The van der Waals surface area contributed by atoms with Crippen molar-refractivity contribution in [2.24, 2.45) is 5.92 Å².